The van der Waals surface area contributed by atoms with Crippen LogP contribution in [0.1, 0.15) is 107 Å². The van der Waals surface area contributed by atoms with Crippen LogP contribution in [-0.2, 0) is 78.8 Å². The minimum absolute atomic E-state index is 0.00266. The summed E-state index contributed by atoms with van der Waals surface area (Å²) >= 11 is 0. The zero-order chi connectivity index (χ0) is 83.3. The van der Waals surface area contributed by atoms with E-state index in [1.807, 2.05) is 47.6 Å². The molecule has 18 atom stereocenters. The highest BCUT2D eigenvalue weighted by Gasteiger charge is 2.62. The molecule has 2 unspecified atom stereocenters. The number of ether oxygens (including phenoxy) is 8. The Bertz CT molecular complexity index is 4530. The maximum atomic E-state index is 12.6. The topological polar surface area (TPSA) is 495 Å². The Morgan fingerprint density at radius 2 is 1.04 bits per heavy atom. The average molecular weight is 1660 g/mol. The first kappa shape index (κ1) is 88.3. The van der Waals surface area contributed by atoms with Gasteiger partial charge in [0, 0.05) is 135 Å². The molecule has 0 aliphatic carbocycles. The van der Waals surface area contributed by atoms with Crippen LogP contribution in [0.15, 0.2) is 111 Å². The lowest BCUT2D eigenvalue weighted by molar-refractivity contribution is -0.114. The largest absolute Gasteiger partial charge is 0.400 e. The van der Waals surface area contributed by atoms with Gasteiger partial charge in [0.2, 0.25) is 8.80 Å². The molecule has 38 nitrogen and oxygen atoms in total. The number of aromatic amines is 4. The van der Waals surface area contributed by atoms with Gasteiger partial charge < -0.3 is 85.0 Å². The summed E-state index contributed by atoms with van der Waals surface area (Å²) in [5.74, 6) is 3.15. The molecule has 110 heavy (non-hydrogen) atoms. The second-order valence-corrected chi connectivity index (χ2v) is 41.8. The summed E-state index contributed by atoms with van der Waals surface area (Å²) in [6, 6.07) is 7.25. The third-order valence-electron chi connectivity index (χ3n) is 19.4. The minimum Gasteiger partial charge on any atom is -0.400 e. The number of aliphatic hydroxyl groups is 3. The molecule has 0 saturated carbocycles. The number of aromatic nitrogens is 8. The first-order chi connectivity index (χ1) is 52.5. The van der Waals surface area contributed by atoms with Crippen molar-refractivity contribution < 1.29 is 95.5 Å². The van der Waals surface area contributed by atoms with E-state index in [1.54, 1.807) is 44.4 Å². The number of nitrogens with one attached hydrogen (secondary N) is 4. The van der Waals surface area contributed by atoms with Gasteiger partial charge in [-0.1, -0.05) is 13.8 Å². The molecular weight excluding hydrogens is 1550 g/mol. The van der Waals surface area contributed by atoms with E-state index in [2.05, 4.69) is 49.4 Å². The molecule has 8 bridgehead atoms. The molecule has 43 heteroatoms. The van der Waals surface area contributed by atoms with Gasteiger partial charge in [0.25, 0.3) is 30.8 Å². The monoisotopic (exact) mass is 1660 g/mol. The summed E-state index contributed by atoms with van der Waals surface area (Å²) in [5, 5.41) is 32.3. The predicted octanol–water partition coefficient (Wildman–Crippen LogP) is 4.54. The standard InChI is InChI=1S/C23H36N4O7P2.C15H21N2O5P.C12H16N2O5.C11H14N2O5.C5H14O5P2.CH4O/c1-16(2)27(17(3)4)35(32-13-7-11-24)34-20-19-21(26-12-8-18(28)25-22(26)29)33-23(20,9-14-31-19)10-15-36(5,6)30;1-10-12-13(17-7-4-11(18)16-14(17)19)22-15(10,5-8-21-12)6-9-23(2,3)20;1-7-9-10(14-4-2-8(16)13-11(14)17)19-12(7,6-15)3-5-18-9;1-11-3-5-17-7(8(11)15)9(18-11)13-4-2-6(14)12-10(13)16;1-8-11(4,6)5-12(7,9-2)10-3;1-2/h8,10,12,15-17,19-21H,7,9,13-14H2,1-6H3,(H,25,28,29);4,6-7,9-10,12-13H,5,8H2,1-3H3,(H,16,18,19);2,4,7,9-10,15H,3,5-6H2,1H3,(H,13,16,17);2,4,7-9,15H,3,5H2,1H3,(H,12,14,16);5H2,1-4H3;2H,1H3/b15-10+;9-6+;;;;/t19-,20+,21-,23-,35?;10-,12+,13+,15+;7-,9+,10+,12+;7-,8+,9-,11+;;/m1001../s1/i;;;1D;;2T. The number of nitrogens with zero attached hydrogens (tertiary/aromatic N) is 6. The molecule has 7 N–H and O–H groups in total. The van der Waals surface area contributed by atoms with E-state index in [1.165, 1.54) is 102 Å². The summed E-state index contributed by atoms with van der Waals surface area (Å²) in [7, 11) is -7.48. The summed E-state index contributed by atoms with van der Waals surface area (Å²) in [6.07, 6.45) is 4.76. The third kappa shape index (κ3) is 21.9. The summed E-state index contributed by atoms with van der Waals surface area (Å²) in [4.78, 5) is 102. The first-order valence-electron chi connectivity index (χ1n) is 36.3. The Labute approximate surface area is 638 Å². The van der Waals surface area contributed by atoms with Crippen molar-refractivity contribution >= 4 is 37.8 Å². The number of nitriles is 1. The fourth-order valence-electron chi connectivity index (χ4n) is 13.6. The highest BCUT2D eigenvalue weighted by Crippen LogP contribution is 2.61. The fraction of sp³-hybridized carbons (Fsp3) is 0.687. The molecule has 4 aromatic rings. The molecular formula is C67H105N10O28P5. The van der Waals surface area contributed by atoms with Crippen LogP contribution in [0, 0.1) is 23.2 Å². The number of aliphatic hydroxyl groups excluding tert-OH is 3. The van der Waals surface area contributed by atoms with Crippen LogP contribution in [0.2, 0.25) is 0 Å². The van der Waals surface area contributed by atoms with Crippen molar-refractivity contribution in [1.29, 1.82) is 6.69 Å². The maximum Gasteiger partial charge on any atom is 0.339 e. The number of hydrogen-bond donors (Lipinski definition) is 7. The van der Waals surface area contributed by atoms with Crippen LogP contribution in [0.3, 0.4) is 0 Å². The van der Waals surface area contributed by atoms with Crippen molar-refractivity contribution in [2.24, 2.45) is 11.8 Å². The highest BCUT2D eigenvalue weighted by atomic mass is 31.2. The zero-order valence-electron chi connectivity index (χ0n) is 66.1. The number of hydrogen-bond acceptors (Lipinski definition) is 30. The van der Waals surface area contributed by atoms with Crippen LogP contribution >= 0.6 is 37.8 Å². The van der Waals surface area contributed by atoms with E-state index in [-0.39, 0.29) is 68.6 Å². The highest BCUT2D eigenvalue weighted by molar-refractivity contribution is 7.73. The molecule has 0 radical (unpaired) electrons. The van der Waals surface area contributed by atoms with Gasteiger partial charge in [-0.3, -0.25) is 66.5 Å². The Balaban J connectivity index is 0.000000201. The minimum atomic E-state index is -3.21. The van der Waals surface area contributed by atoms with Crippen molar-refractivity contribution in [1.82, 2.24) is 42.9 Å². The van der Waals surface area contributed by atoms with Crippen LogP contribution < -0.4 is 45.0 Å². The van der Waals surface area contributed by atoms with Gasteiger partial charge in [0.15, 0.2) is 24.9 Å². The second kappa shape index (κ2) is 38.2. The normalized spacial score (nSPS) is 31.1. The Morgan fingerprint density at radius 1 is 0.636 bits per heavy atom. The number of rotatable bonds is 22. The van der Waals surface area contributed by atoms with Crippen LogP contribution in [0.25, 0.3) is 0 Å². The van der Waals surface area contributed by atoms with E-state index < -0.39 is 155 Å². The molecule has 12 rings (SSSR count). The smallest absolute Gasteiger partial charge is 0.339 e. The van der Waals surface area contributed by atoms with Gasteiger partial charge in [0.1, 0.15) is 68.0 Å². The van der Waals surface area contributed by atoms with Crippen LogP contribution in [0.5, 0.6) is 0 Å². The molecule has 616 valence electrons. The van der Waals surface area contributed by atoms with Gasteiger partial charge in [-0.05, 0) is 85.0 Å². The van der Waals surface area contributed by atoms with Crippen molar-refractivity contribution in [2.45, 2.75) is 177 Å². The van der Waals surface area contributed by atoms with Crippen molar-refractivity contribution in [3.05, 3.63) is 156 Å². The zero-order valence-corrected chi connectivity index (χ0v) is 68.6. The molecule has 8 aliphatic rings. The summed E-state index contributed by atoms with van der Waals surface area (Å²) < 4.78 is 142. The predicted molar refractivity (Wildman–Crippen MR) is 404 cm³/mol. The molecule has 0 aromatic carbocycles. The molecule has 0 amide bonds. The quantitative estimate of drug-likeness (QED) is 0.0419. The van der Waals surface area contributed by atoms with Crippen LogP contribution in [0.4, 0.5) is 0 Å². The van der Waals surface area contributed by atoms with Gasteiger partial charge in [-0.25, -0.2) is 23.8 Å². The van der Waals surface area contributed by atoms with Gasteiger partial charge >= 0.3 is 30.4 Å². The second-order valence-electron chi connectivity index (χ2n) is 28.6. The van der Waals surface area contributed by atoms with E-state index in [0.717, 1.165) is 0 Å². The van der Waals surface area contributed by atoms with Crippen molar-refractivity contribution in [3.8, 4) is 6.07 Å². The van der Waals surface area contributed by atoms with Crippen molar-refractivity contribution in [2.75, 3.05) is 107 Å². The number of H-pyrrole nitrogens is 4. The molecule has 12 heterocycles. The SMILES string of the molecule is CC(C)N(C(C)C)P(OCCC#N)O[C@H]1[C@H]2OCC[C@]1(/C=C/P(C)(C)=O)O[C@H]2n1ccc(=O)[nH]c1=O.COP(C)(=O)CP(=O)(OC)OC.C[C@H]1[C@H]2OCC[C@]1(/C=C/P(C)(C)=O)O[C@H]2n1ccc(=O)[nH]c1=O.C[C@H]1[C@H]2OCC[C@]1(CO)O[C@H]2n1ccc(=O)[nH]c1=O.[2H]C[C@@]12CCO[C@@H]([C@H](n3ccc(=O)[nH]c3=O)O1)[C@@H]2O.[3H]OC. The lowest BCUT2D eigenvalue weighted by Gasteiger charge is -2.42. The lowest BCUT2D eigenvalue weighted by Crippen LogP contribution is -2.50. The molecule has 4 aromatic heterocycles. The van der Waals surface area contributed by atoms with Gasteiger partial charge in [-0.15, -0.1) is 0 Å². The third-order valence-corrected chi connectivity index (χ3v) is 28.6. The molecule has 8 fully saturated rings. The van der Waals surface area contributed by atoms with E-state index >= 15 is 0 Å². The van der Waals surface area contributed by atoms with E-state index in [0.29, 0.717) is 52.1 Å². The van der Waals surface area contributed by atoms with E-state index in [9.17, 15) is 66.8 Å². The van der Waals surface area contributed by atoms with Gasteiger partial charge in [-0.2, -0.15) is 5.26 Å². The molecule has 8 saturated heterocycles. The molecule has 8 aliphatic heterocycles. The molecule has 0 spiro atoms. The maximum absolute atomic E-state index is 12.6. The average Bonchev–Trinajstić information content (AvgIpc) is 1.46. The summed E-state index contributed by atoms with van der Waals surface area (Å²) in [5.41, 5.74) is -7.54. The Hall–Kier alpha value is -5.64. The summed E-state index contributed by atoms with van der Waals surface area (Å²) in [6.45, 7) is 21.9. The Kier molecular flexibility index (Phi) is 30.7. The lowest BCUT2D eigenvalue weighted by atomic mass is 9.82. The van der Waals surface area contributed by atoms with Crippen molar-refractivity contribution in [3.63, 3.8) is 0 Å². The Morgan fingerprint density at radius 3 is 1.45 bits per heavy atom. The van der Waals surface area contributed by atoms with Crippen LogP contribution in [-0.4, -0.2) is 238 Å². The van der Waals surface area contributed by atoms with E-state index in [4.69, 9.17) is 55.0 Å². The van der Waals surface area contributed by atoms with Gasteiger partial charge in [0.05, 0.1) is 63.3 Å². The first-order valence-corrected chi connectivity index (χ1v) is 45.6. The fourth-order valence-corrected chi connectivity index (χ4v) is 20.6. The number of fused-ring (bicyclic) bond motifs is 8.